The minimum absolute atomic E-state index is 0.0356. The number of hydrogen-bond acceptors (Lipinski definition) is 7. The van der Waals surface area contributed by atoms with E-state index in [1.165, 1.54) is 4.90 Å². The fourth-order valence-electron chi connectivity index (χ4n) is 3.04. The van der Waals surface area contributed by atoms with Gasteiger partial charge in [-0.05, 0) is 17.7 Å². The van der Waals surface area contributed by atoms with Crippen LogP contribution in [0.4, 0.5) is 0 Å². The van der Waals surface area contributed by atoms with Gasteiger partial charge >= 0.3 is 5.97 Å². The number of hydrazine groups is 1. The van der Waals surface area contributed by atoms with Gasteiger partial charge in [0.25, 0.3) is 0 Å². The molecular formula is C14H15N5O3S. The van der Waals surface area contributed by atoms with Gasteiger partial charge in [-0.2, -0.15) is 0 Å². The quantitative estimate of drug-likeness (QED) is 0.615. The van der Waals surface area contributed by atoms with Gasteiger partial charge in [0, 0.05) is 24.7 Å². The second kappa shape index (κ2) is 4.98. The standard InChI is InChI=1S/C14H15N5O3S/c15-9-6-17(10-2-1-3-16-19(9)10)5-8-7-23-12-4-11(20)18(12)13(8)14(21)22/h1-3,6,12,16H,4-5,7,15H2,(H,21,22)/t12-/m0/s1. The number of hydrogen-bond donors (Lipinski definition) is 3. The van der Waals surface area contributed by atoms with Crippen molar-refractivity contribution in [3.8, 4) is 0 Å². The van der Waals surface area contributed by atoms with E-state index in [0.29, 0.717) is 30.1 Å². The van der Waals surface area contributed by atoms with Crippen molar-refractivity contribution < 1.29 is 14.7 Å². The predicted octanol–water partition coefficient (Wildman–Crippen LogP) is -0.121. The van der Waals surface area contributed by atoms with Crippen LogP contribution < -0.4 is 11.2 Å². The zero-order chi connectivity index (χ0) is 16.1. The molecule has 4 aliphatic rings. The van der Waals surface area contributed by atoms with E-state index in [1.54, 1.807) is 29.2 Å². The Morgan fingerprint density at radius 2 is 2.35 bits per heavy atom. The molecule has 8 nitrogen and oxygen atoms in total. The number of nitrogens with zero attached hydrogens (tertiary/aromatic N) is 3. The van der Waals surface area contributed by atoms with Crippen LogP contribution in [-0.2, 0) is 9.59 Å². The molecule has 0 aromatic carbocycles. The van der Waals surface area contributed by atoms with Crippen LogP contribution in [0.3, 0.4) is 0 Å². The van der Waals surface area contributed by atoms with Crippen molar-refractivity contribution >= 4 is 23.6 Å². The molecule has 0 radical (unpaired) electrons. The van der Waals surface area contributed by atoms with Gasteiger partial charge in [0.1, 0.15) is 17.3 Å². The van der Waals surface area contributed by atoms with Gasteiger partial charge < -0.3 is 15.7 Å². The number of nitrogens with one attached hydrogen (secondary N) is 1. The molecule has 4 heterocycles. The molecule has 1 amide bonds. The van der Waals surface area contributed by atoms with E-state index in [2.05, 4.69) is 5.43 Å². The maximum atomic E-state index is 11.8. The van der Waals surface area contributed by atoms with Crippen LogP contribution in [0.1, 0.15) is 6.42 Å². The molecule has 1 fully saturated rings. The van der Waals surface area contributed by atoms with Gasteiger partial charge in [-0.25, -0.2) is 9.80 Å². The lowest BCUT2D eigenvalue weighted by molar-refractivity contribution is -0.146. The number of aliphatic carboxylic acids is 1. The first kappa shape index (κ1) is 14.1. The number of thioether (sulfide) groups is 1. The molecule has 1 atom stereocenters. The molecule has 0 bridgehead atoms. The number of carbonyl (C=O) groups is 2. The van der Waals surface area contributed by atoms with Crippen molar-refractivity contribution in [3.63, 3.8) is 0 Å². The molecule has 1 saturated heterocycles. The smallest absolute Gasteiger partial charge is 0.352 e. The number of β-lactam (4-membered cyclic amide) rings is 1. The van der Waals surface area contributed by atoms with Crippen molar-refractivity contribution in [2.24, 2.45) is 5.73 Å². The highest BCUT2D eigenvalue weighted by Gasteiger charge is 2.45. The van der Waals surface area contributed by atoms with Crippen molar-refractivity contribution in [2.45, 2.75) is 11.8 Å². The average Bonchev–Trinajstić information content (AvgIpc) is 2.84. The van der Waals surface area contributed by atoms with Crippen LogP contribution in [0.25, 0.3) is 0 Å². The molecule has 0 aromatic rings. The summed E-state index contributed by atoms with van der Waals surface area (Å²) in [5.74, 6) is 0.763. The van der Waals surface area contributed by atoms with E-state index >= 15 is 0 Å². The number of nitrogens with two attached hydrogens (primary N) is 1. The maximum Gasteiger partial charge on any atom is 0.352 e. The number of carbonyl (C=O) groups excluding carboxylic acids is 1. The van der Waals surface area contributed by atoms with Gasteiger partial charge in [-0.3, -0.25) is 15.1 Å². The molecular weight excluding hydrogens is 318 g/mol. The highest BCUT2D eigenvalue weighted by Crippen LogP contribution is 2.40. The maximum absolute atomic E-state index is 11.8. The van der Waals surface area contributed by atoms with Gasteiger partial charge in [0.05, 0.1) is 11.8 Å². The average molecular weight is 333 g/mol. The second-order valence-corrected chi connectivity index (χ2v) is 6.69. The zero-order valence-electron chi connectivity index (χ0n) is 12.1. The number of carboxylic acids is 1. The summed E-state index contributed by atoms with van der Waals surface area (Å²) in [5, 5.41) is 11.2. The Morgan fingerprint density at radius 3 is 3.09 bits per heavy atom. The van der Waals surface area contributed by atoms with Crippen molar-refractivity contribution in [2.75, 3.05) is 12.3 Å². The van der Waals surface area contributed by atoms with E-state index < -0.39 is 5.97 Å². The van der Waals surface area contributed by atoms with E-state index in [1.807, 2.05) is 17.1 Å². The Kier molecular flexibility index (Phi) is 3.05. The van der Waals surface area contributed by atoms with Crippen molar-refractivity contribution in [3.05, 3.63) is 47.5 Å². The van der Waals surface area contributed by atoms with Gasteiger partial charge in [-0.1, -0.05) is 0 Å². The third kappa shape index (κ3) is 2.07. The van der Waals surface area contributed by atoms with Crippen molar-refractivity contribution in [1.29, 1.82) is 0 Å². The minimum Gasteiger partial charge on any atom is -0.477 e. The first-order valence-electron chi connectivity index (χ1n) is 7.12. The molecule has 9 heteroatoms. The first-order chi connectivity index (χ1) is 11.1. The highest BCUT2D eigenvalue weighted by atomic mass is 32.2. The molecule has 4 rings (SSSR count). The summed E-state index contributed by atoms with van der Waals surface area (Å²) < 4.78 is 0. The van der Waals surface area contributed by atoms with E-state index in [0.717, 1.165) is 5.82 Å². The van der Waals surface area contributed by atoms with E-state index in [4.69, 9.17) is 5.73 Å². The summed E-state index contributed by atoms with van der Waals surface area (Å²) in [7, 11) is 0. The molecule has 0 aromatic heterocycles. The summed E-state index contributed by atoms with van der Waals surface area (Å²) in [5.41, 5.74) is 9.82. The topological polar surface area (TPSA) is 102 Å². The van der Waals surface area contributed by atoms with E-state index in [-0.39, 0.29) is 17.0 Å². The van der Waals surface area contributed by atoms with Crippen LogP contribution in [-0.4, -0.2) is 49.5 Å². The number of carboxylic acid groups (broad SMARTS) is 1. The monoisotopic (exact) mass is 333 g/mol. The first-order valence-corrected chi connectivity index (χ1v) is 8.17. The Morgan fingerprint density at radius 1 is 1.52 bits per heavy atom. The second-order valence-electron chi connectivity index (χ2n) is 5.52. The Hall–Kier alpha value is -2.55. The molecule has 0 aliphatic carbocycles. The lowest BCUT2D eigenvalue weighted by Crippen LogP contribution is -2.54. The highest BCUT2D eigenvalue weighted by molar-refractivity contribution is 8.00. The van der Waals surface area contributed by atoms with Gasteiger partial charge in [0.15, 0.2) is 0 Å². The van der Waals surface area contributed by atoms with Crippen LogP contribution >= 0.6 is 11.8 Å². The van der Waals surface area contributed by atoms with Crippen LogP contribution in [0.2, 0.25) is 0 Å². The minimum atomic E-state index is -1.05. The SMILES string of the molecule is NC1=CN(CC2=C(C(=O)O)N3C(=O)C[C@@H]3SC2)C2=CC=CNN12. The van der Waals surface area contributed by atoms with Crippen LogP contribution in [0, 0.1) is 0 Å². The van der Waals surface area contributed by atoms with Crippen LogP contribution in [0.5, 0.6) is 0 Å². The Bertz CT molecular complexity index is 726. The summed E-state index contributed by atoms with van der Waals surface area (Å²) in [4.78, 5) is 26.7. The molecule has 120 valence electrons. The number of fused-ring (bicyclic) bond motifs is 2. The molecule has 0 saturated carbocycles. The molecule has 0 spiro atoms. The van der Waals surface area contributed by atoms with Gasteiger partial charge in [0.2, 0.25) is 5.91 Å². The number of allylic oxidation sites excluding steroid dienone is 2. The van der Waals surface area contributed by atoms with Crippen molar-refractivity contribution in [1.82, 2.24) is 20.2 Å². The molecule has 4 aliphatic heterocycles. The summed E-state index contributed by atoms with van der Waals surface area (Å²) >= 11 is 1.60. The normalized spacial score (nSPS) is 25.5. The molecule has 4 N–H and O–H groups in total. The molecule has 0 unspecified atom stereocenters. The number of rotatable bonds is 3. The number of amides is 1. The largest absolute Gasteiger partial charge is 0.477 e. The predicted molar refractivity (Wildman–Crippen MR) is 83.5 cm³/mol. The third-order valence-corrected chi connectivity index (χ3v) is 5.39. The molecule has 23 heavy (non-hydrogen) atoms. The summed E-state index contributed by atoms with van der Waals surface area (Å²) in [6.07, 6.45) is 7.67. The Balaban J connectivity index is 1.66. The zero-order valence-corrected chi connectivity index (χ0v) is 12.9. The van der Waals surface area contributed by atoms with Crippen LogP contribution in [0.15, 0.2) is 47.5 Å². The summed E-state index contributed by atoms with van der Waals surface area (Å²) in [6.45, 7) is 0.379. The fraction of sp³-hybridized carbons (Fsp3) is 0.286. The lowest BCUT2D eigenvalue weighted by Gasteiger charge is -2.44. The lowest BCUT2D eigenvalue weighted by atomic mass is 10.1. The Labute approximate surface area is 136 Å². The third-order valence-electron chi connectivity index (χ3n) is 4.11. The summed E-state index contributed by atoms with van der Waals surface area (Å²) in [6, 6.07) is 0. The van der Waals surface area contributed by atoms with Gasteiger partial charge in [-0.15, -0.1) is 11.8 Å². The fourth-order valence-corrected chi connectivity index (χ4v) is 4.29. The van der Waals surface area contributed by atoms with E-state index in [9.17, 15) is 14.7 Å².